The van der Waals surface area contributed by atoms with Gasteiger partial charge >= 0.3 is 0 Å². The van der Waals surface area contributed by atoms with E-state index in [2.05, 4.69) is 5.32 Å². The van der Waals surface area contributed by atoms with Crippen LogP contribution in [0, 0.1) is 29.4 Å². The molecular weight excluding hydrogens is 504 g/mol. The van der Waals surface area contributed by atoms with Crippen LogP contribution >= 0.6 is 11.6 Å². The second-order valence-corrected chi connectivity index (χ2v) is 11.9. The van der Waals surface area contributed by atoms with Crippen molar-refractivity contribution >= 4 is 38.8 Å². The second kappa shape index (κ2) is 8.92. The van der Waals surface area contributed by atoms with Crippen LogP contribution in [0.5, 0.6) is 0 Å². The Morgan fingerprint density at radius 1 is 1.11 bits per heavy atom. The van der Waals surface area contributed by atoms with Gasteiger partial charge in [-0.2, -0.15) is 0 Å². The Morgan fingerprint density at radius 3 is 2.31 bits per heavy atom. The SMILES string of the molecule is CC(=O)[C@@H](O)[C@]1(O)C2C[C@H](S(=O)(=O)c3cc(C(=O)Nc4ccc(F)c(F)c4)ccc3Cl)CC1[C@@H]2C. The molecule has 35 heavy (non-hydrogen) atoms. The van der Waals surface area contributed by atoms with Gasteiger partial charge in [-0.1, -0.05) is 18.5 Å². The third-order valence-electron chi connectivity index (χ3n) is 7.43. The van der Waals surface area contributed by atoms with Crippen molar-refractivity contribution < 1.29 is 37.0 Å². The molecule has 188 valence electrons. The monoisotopic (exact) mass is 527 g/mol. The number of aliphatic hydroxyl groups excluding tert-OH is 1. The van der Waals surface area contributed by atoms with Crippen LogP contribution in [0.1, 0.15) is 37.0 Å². The number of halogens is 3. The first-order valence-corrected chi connectivity index (χ1v) is 12.9. The van der Waals surface area contributed by atoms with Gasteiger partial charge in [-0.15, -0.1) is 0 Å². The number of hydrogen-bond acceptors (Lipinski definition) is 6. The molecule has 0 radical (unpaired) electrons. The fourth-order valence-electron chi connectivity index (χ4n) is 5.55. The van der Waals surface area contributed by atoms with E-state index in [1.165, 1.54) is 19.1 Å². The molecule has 0 spiro atoms. The Hall–Kier alpha value is -2.40. The van der Waals surface area contributed by atoms with Crippen LogP contribution in [0.4, 0.5) is 14.5 Å². The van der Waals surface area contributed by atoms with Crippen LogP contribution in [0.15, 0.2) is 41.3 Å². The average molecular weight is 528 g/mol. The predicted molar refractivity (Wildman–Crippen MR) is 124 cm³/mol. The lowest BCUT2D eigenvalue weighted by molar-refractivity contribution is -0.257. The minimum atomic E-state index is -4.06. The zero-order valence-electron chi connectivity index (χ0n) is 18.8. The lowest BCUT2D eigenvalue weighted by Crippen LogP contribution is -2.73. The standard InChI is InChI=1S/C24H24ClF2NO6S/c1-11-16-9-15(10-17(11)24(16,32)22(30)12(2)29)35(33,34)21-7-13(3-5-18(21)25)23(31)28-14-4-6-19(26)20(27)8-14/h3-8,11,15-17,22,30,32H,9-10H2,1-2H3,(H,28,31)/t11-,15+,16?,17?,22-,24+/m1/s1. The minimum absolute atomic E-state index is 0.0158. The van der Waals surface area contributed by atoms with Crippen LogP contribution in [-0.2, 0) is 14.6 Å². The van der Waals surface area contributed by atoms with Gasteiger partial charge < -0.3 is 15.5 Å². The van der Waals surface area contributed by atoms with Gasteiger partial charge in [-0.25, -0.2) is 17.2 Å². The molecule has 3 aliphatic rings. The largest absolute Gasteiger partial charge is 0.386 e. The van der Waals surface area contributed by atoms with Crippen molar-refractivity contribution in [2.75, 3.05) is 5.32 Å². The van der Waals surface area contributed by atoms with Gasteiger partial charge in [0.2, 0.25) is 0 Å². The molecule has 11 heteroatoms. The van der Waals surface area contributed by atoms with E-state index in [1.54, 1.807) is 0 Å². The zero-order valence-corrected chi connectivity index (χ0v) is 20.4. The van der Waals surface area contributed by atoms with Crippen molar-refractivity contribution in [1.82, 2.24) is 0 Å². The zero-order chi connectivity index (χ0) is 25.9. The molecule has 7 nitrogen and oxygen atoms in total. The van der Waals surface area contributed by atoms with E-state index in [-0.39, 0.29) is 39.9 Å². The van der Waals surface area contributed by atoms with Gasteiger partial charge in [0.05, 0.1) is 15.2 Å². The van der Waals surface area contributed by atoms with Crippen molar-refractivity contribution in [3.8, 4) is 0 Å². The van der Waals surface area contributed by atoms with Crippen molar-refractivity contribution in [2.24, 2.45) is 17.8 Å². The number of aliphatic hydroxyl groups is 2. The van der Waals surface area contributed by atoms with Gasteiger partial charge in [0.15, 0.2) is 27.3 Å². The fourth-order valence-corrected chi connectivity index (χ4v) is 7.90. The number of carbonyl (C=O) groups is 2. The molecule has 5 rings (SSSR count). The predicted octanol–water partition coefficient (Wildman–Crippen LogP) is 3.37. The number of ketones is 1. The van der Waals surface area contributed by atoms with Crippen LogP contribution in [0.3, 0.4) is 0 Å². The molecule has 2 aromatic rings. The smallest absolute Gasteiger partial charge is 0.255 e. The maximum Gasteiger partial charge on any atom is 0.255 e. The molecule has 3 aliphatic carbocycles. The van der Waals surface area contributed by atoms with Crippen LogP contribution in [-0.4, -0.2) is 47.3 Å². The number of hydrogen-bond donors (Lipinski definition) is 3. The van der Waals surface area contributed by atoms with E-state index in [4.69, 9.17) is 11.6 Å². The number of benzene rings is 2. The summed E-state index contributed by atoms with van der Waals surface area (Å²) < 4.78 is 53.6. The van der Waals surface area contributed by atoms with Gasteiger partial charge in [0.1, 0.15) is 11.7 Å². The van der Waals surface area contributed by atoms with Crippen molar-refractivity contribution in [3.63, 3.8) is 0 Å². The van der Waals surface area contributed by atoms with Gasteiger partial charge in [0, 0.05) is 17.3 Å². The first kappa shape index (κ1) is 25.7. The summed E-state index contributed by atoms with van der Waals surface area (Å²) in [5.41, 5.74) is -1.75. The highest BCUT2D eigenvalue weighted by Crippen LogP contribution is 2.60. The van der Waals surface area contributed by atoms with E-state index in [0.29, 0.717) is 0 Å². The van der Waals surface area contributed by atoms with Crippen LogP contribution < -0.4 is 5.32 Å². The van der Waals surface area contributed by atoms with Crippen molar-refractivity contribution in [3.05, 3.63) is 58.6 Å². The van der Waals surface area contributed by atoms with E-state index >= 15 is 0 Å². The molecule has 3 atom stereocenters. The minimum Gasteiger partial charge on any atom is -0.386 e. The highest BCUT2D eigenvalue weighted by molar-refractivity contribution is 7.92. The van der Waals surface area contributed by atoms with Crippen LogP contribution in [0.2, 0.25) is 5.02 Å². The summed E-state index contributed by atoms with van der Waals surface area (Å²) in [7, 11) is -4.06. The molecule has 3 fully saturated rings. The van der Waals surface area contributed by atoms with E-state index in [1.807, 2.05) is 6.92 Å². The van der Waals surface area contributed by atoms with E-state index in [0.717, 1.165) is 24.3 Å². The molecule has 2 aromatic carbocycles. The molecule has 3 saturated carbocycles. The fraction of sp³-hybridized carbons (Fsp3) is 0.417. The lowest BCUT2D eigenvalue weighted by atomic mass is 9.46. The van der Waals surface area contributed by atoms with Gasteiger partial charge in [-0.3, -0.25) is 9.59 Å². The summed E-state index contributed by atoms with van der Waals surface area (Å²) in [4.78, 5) is 24.1. The number of nitrogens with one attached hydrogen (secondary N) is 1. The molecule has 1 amide bonds. The number of fused-ring (bicyclic) bond motifs is 2. The maximum atomic E-state index is 13.5. The Kier molecular flexibility index (Phi) is 6.54. The Balaban J connectivity index is 1.58. The molecule has 0 heterocycles. The number of amides is 1. The number of anilines is 1. The summed E-state index contributed by atoms with van der Waals surface area (Å²) in [5, 5.41) is 22.6. The van der Waals surface area contributed by atoms with E-state index in [9.17, 15) is 37.0 Å². The number of carbonyl (C=O) groups excluding carboxylic acids is 2. The lowest BCUT2D eigenvalue weighted by Gasteiger charge is -2.63. The highest BCUT2D eigenvalue weighted by Gasteiger charge is 2.67. The second-order valence-electron chi connectivity index (χ2n) is 9.34. The summed E-state index contributed by atoms with van der Waals surface area (Å²) in [6.07, 6.45) is -1.56. The summed E-state index contributed by atoms with van der Waals surface area (Å²) in [6.45, 7) is 3.02. The topological polar surface area (TPSA) is 121 Å². The normalized spacial score (nSPS) is 28.7. The molecule has 2 bridgehead atoms. The molecule has 3 N–H and O–H groups in total. The molecular formula is C24H24ClF2NO6S. The quantitative estimate of drug-likeness (QED) is 0.529. The first-order valence-electron chi connectivity index (χ1n) is 11.0. The summed E-state index contributed by atoms with van der Waals surface area (Å²) in [5.74, 6) is -4.84. The maximum absolute atomic E-state index is 13.5. The Labute approximate surface area is 206 Å². The Bertz CT molecular complexity index is 1300. The highest BCUT2D eigenvalue weighted by atomic mass is 35.5. The third-order valence-corrected chi connectivity index (χ3v) is 10.1. The number of rotatable bonds is 6. The van der Waals surface area contributed by atoms with Gasteiger partial charge in [0.25, 0.3) is 5.91 Å². The third kappa shape index (κ3) is 4.16. The van der Waals surface area contributed by atoms with E-state index < -0.39 is 62.0 Å². The first-order chi connectivity index (χ1) is 16.3. The van der Waals surface area contributed by atoms with Gasteiger partial charge in [-0.05, 0) is 67.9 Å². The Morgan fingerprint density at radius 2 is 1.74 bits per heavy atom. The van der Waals surface area contributed by atoms with Crippen molar-refractivity contribution in [2.45, 2.75) is 48.5 Å². The molecule has 0 saturated heterocycles. The molecule has 0 aromatic heterocycles. The molecule has 0 aliphatic heterocycles. The van der Waals surface area contributed by atoms with Crippen LogP contribution in [0.25, 0.3) is 0 Å². The number of Topliss-reactive ketones (excluding diaryl/α,β-unsaturated/α-hetero) is 1. The average Bonchev–Trinajstić information content (AvgIpc) is 2.81. The summed E-state index contributed by atoms with van der Waals surface area (Å²) in [6, 6.07) is 6.49. The summed E-state index contributed by atoms with van der Waals surface area (Å²) >= 11 is 6.19. The molecule has 2 unspecified atom stereocenters. The number of sulfone groups is 1. The van der Waals surface area contributed by atoms with Crippen molar-refractivity contribution in [1.29, 1.82) is 0 Å².